The molecule has 2 aliphatic rings. The smallest absolute Gasteiger partial charge is 0.251 e. The molecule has 0 aliphatic carbocycles. The number of amides is 2. The van der Waals surface area contributed by atoms with E-state index in [0.29, 0.717) is 5.56 Å². The zero-order valence-electron chi connectivity index (χ0n) is 14.8. The van der Waals surface area contributed by atoms with Gasteiger partial charge in [0.15, 0.2) is 0 Å². The summed E-state index contributed by atoms with van der Waals surface area (Å²) in [5, 5.41) is 2.72. The molecule has 136 valence electrons. The number of piperazine rings is 1. The molecule has 2 amide bonds. The molecule has 2 aliphatic heterocycles. The van der Waals surface area contributed by atoms with Gasteiger partial charge in [0.1, 0.15) is 0 Å². The second-order valence-electron chi connectivity index (χ2n) is 6.82. The van der Waals surface area contributed by atoms with Crippen LogP contribution >= 0.6 is 0 Å². The fourth-order valence-electron chi connectivity index (χ4n) is 3.47. The van der Waals surface area contributed by atoms with Crippen molar-refractivity contribution in [2.75, 3.05) is 58.9 Å². The maximum Gasteiger partial charge on any atom is 0.251 e. The van der Waals surface area contributed by atoms with Crippen LogP contribution in [0.15, 0.2) is 30.3 Å². The van der Waals surface area contributed by atoms with Crippen molar-refractivity contribution in [2.24, 2.45) is 0 Å². The molecule has 1 aromatic rings. The van der Waals surface area contributed by atoms with E-state index in [2.05, 4.69) is 15.1 Å². The summed E-state index contributed by atoms with van der Waals surface area (Å²) in [5.41, 5.74) is 0.585. The van der Waals surface area contributed by atoms with Gasteiger partial charge in [-0.15, -0.1) is 0 Å². The predicted molar refractivity (Wildman–Crippen MR) is 97.5 cm³/mol. The molecule has 0 radical (unpaired) electrons. The molecule has 6 nitrogen and oxygen atoms in total. The van der Waals surface area contributed by atoms with Crippen molar-refractivity contribution in [3.63, 3.8) is 0 Å². The molecule has 0 atom stereocenters. The molecule has 2 heterocycles. The Bertz CT molecular complexity index is 564. The van der Waals surface area contributed by atoms with Crippen LogP contribution in [0.25, 0.3) is 0 Å². The standard InChI is InChI=1S/C19H28N4O2/c24-18(16-20-19(25)17-6-2-1-3-7-17)23-14-12-22(13-15-23)11-10-21-8-4-5-9-21/h1-3,6-7H,4-5,8-16H2,(H,20,25). The highest BCUT2D eigenvalue weighted by molar-refractivity contribution is 5.96. The largest absolute Gasteiger partial charge is 0.343 e. The summed E-state index contributed by atoms with van der Waals surface area (Å²) in [6.07, 6.45) is 2.66. The number of rotatable bonds is 6. The lowest BCUT2D eigenvalue weighted by molar-refractivity contribution is -0.131. The summed E-state index contributed by atoms with van der Waals surface area (Å²) in [5.74, 6) is -0.193. The van der Waals surface area contributed by atoms with Gasteiger partial charge in [0.25, 0.3) is 5.91 Å². The first-order valence-corrected chi connectivity index (χ1v) is 9.28. The number of hydrogen-bond donors (Lipinski definition) is 1. The van der Waals surface area contributed by atoms with Crippen LogP contribution in [0.2, 0.25) is 0 Å². The van der Waals surface area contributed by atoms with E-state index in [1.54, 1.807) is 12.1 Å². The minimum Gasteiger partial charge on any atom is -0.343 e. The summed E-state index contributed by atoms with van der Waals surface area (Å²) in [4.78, 5) is 31.1. The first-order chi connectivity index (χ1) is 12.2. The molecule has 3 rings (SSSR count). The molecule has 0 aromatic heterocycles. The Kier molecular flexibility index (Phi) is 6.42. The highest BCUT2D eigenvalue weighted by Crippen LogP contribution is 2.08. The topological polar surface area (TPSA) is 55.9 Å². The van der Waals surface area contributed by atoms with Crippen LogP contribution in [-0.4, -0.2) is 85.4 Å². The Morgan fingerprint density at radius 1 is 0.840 bits per heavy atom. The SMILES string of the molecule is O=C(NCC(=O)N1CCN(CCN2CCCC2)CC1)c1ccccc1. The van der Waals surface area contributed by atoms with Gasteiger partial charge in [-0.3, -0.25) is 14.5 Å². The lowest BCUT2D eigenvalue weighted by atomic mass is 10.2. The van der Waals surface area contributed by atoms with Gasteiger partial charge in [-0.05, 0) is 38.1 Å². The zero-order valence-corrected chi connectivity index (χ0v) is 14.8. The summed E-state index contributed by atoms with van der Waals surface area (Å²) in [6.45, 7) is 8.12. The molecule has 2 saturated heterocycles. The van der Waals surface area contributed by atoms with Gasteiger partial charge in [-0.1, -0.05) is 18.2 Å². The van der Waals surface area contributed by atoms with E-state index >= 15 is 0 Å². The van der Waals surface area contributed by atoms with Crippen LogP contribution in [0.4, 0.5) is 0 Å². The number of likely N-dealkylation sites (tertiary alicyclic amines) is 1. The molecule has 0 bridgehead atoms. The third kappa shape index (κ3) is 5.28. The van der Waals surface area contributed by atoms with Crippen molar-refractivity contribution >= 4 is 11.8 Å². The summed E-state index contributed by atoms with van der Waals surface area (Å²) < 4.78 is 0. The van der Waals surface area contributed by atoms with Crippen molar-refractivity contribution in [1.82, 2.24) is 20.0 Å². The molecule has 2 fully saturated rings. The van der Waals surface area contributed by atoms with Gasteiger partial charge in [-0.25, -0.2) is 0 Å². The maximum atomic E-state index is 12.3. The molecule has 0 saturated carbocycles. The summed E-state index contributed by atoms with van der Waals surface area (Å²) >= 11 is 0. The van der Waals surface area contributed by atoms with Crippen LogP contribution < -0.4 is 5.32 Å². The van der Waals surface area contributed by atoms with Gasteiger partial charge in [-0.2, -0.15) is 0 Å². The van der Waals surface area contributed by atoms with Crippen LogP contribution in [0, 0.1) is 0 Å². The van der Waals surface area contributed by atoms with Crippen LogP contribution in [0.3, 0.4) is 0 Å². The van der Waals surface area contributed by atoms with E-state index in [0.717, 1.165) is 39.3 Å². The monoisotopic (exact) mass is 344 g/mol. The summed E-state index contributed by atoms with van der Waals surface area (Å²) in [7, 11) is 0. The van der Waals surface area contributed by atoms with E-state index in [9.17, 15) is 9.59 Å². The van der Waals surface area contributed by atoms with Crippen molar-refractivity contribution in [2.45, 2.75) is 12.8 Å². The fraction of sp³-hybridized carbons (Fsp3) is 0.579. The van der Waals surface area contributed by atoms with Gasteiger partial charge < -0.3 is 15.1 Å². The fourth-order valence-corrected chi connectivity index (χ4v) is 3.47. The average Bonchev–Trinajstić information content (AvgIpc) is 3.19. The lowest BCUT2D eigenvalue weighted by Gasteiger charge is -2.35. The second-order valence-corrected chi connectivity index (χ2v) is 6.82. The lowest BCUT2D eigenvalue weighted by Crippen LogP contribution is -2.52. The minimum atomic E-state index is -0.196. The molecule has 6 heteroatoms. The molecular formula is C19H28N4O2. The molecule has 1 aromatic carbocycles. The van der Waals surface area contributed by atoms with E-state index in [1.807, 2.05) is 23.1 Å². The number of carbonyl (C=O) groups is 2. The van der Waals surface area contributed by atoms with Crippen molar-refractivity contribution < 1.29 is 9.59 Å². The molecule has 25 heavy (non-hydrogen) atoms. The average molecular weight is 344 g/mol. The number of benzene rings is 1. The number of nitrogens with zero attached hydrogens (tertiary/aromatic N) is 3. The zero-order chi connectivity index (χ0) is 17.5. The van der Waals surface area contributed by atoms with Crippen molar-refractivity contribution in [3.8, 4) is 0 Å². The quantitative estimate of drug-likeness (QED) is 0.824. The Morgan fingerprint density at radius 2 is 1.44 bits per heavy atom. The molecule has 1 N–H and O–H groups in total. The molecular weight excluding hydrogens is 316 g/mol. The second kappa shape index (κ2) is 8.97. The highest BCUT2D eigenvalue weighted by Gasteiger charge is 2.22. The highest BCUT2D eigenvalue weighted by atomic mass is 16.2. The first kappa shape index (κ1) is 17.9. The Labute approximate surface area is 149 Å². The first-order valence-electron chi connectivity index (χ1n) is 9.28. The number of nitrogens with one attached hydrogen (secondary N) is 1. The molecule has 0 unspecified atom stereocenters. The Balaban J connectivity index is 1.34. The summed E-state index contributed by atoms with van der Waals surface area (Å²) in [6, 6.07) is 9.00. The van der Waals surface area contributed by atoms with Crippen LogP contribution in [0.5, 0.6) is 0 Å². The van der Waals surface area contributed by atoms with Crippen molar-refractivity contribution in [1.29, 1.82) is 0 Å². The maximum absolute atomic E-state index is 12.3. The predicted octanol–water partition coefficient (Wildman–Crippen LogP) is 0.656. The Hall–Kier alpha value is -1.92. The normalized spacial score (nSPS) is 19.1. The van der Waals surface area contributed by atoms with Crippen LogP contribution in [0.1, 0.15) is 23.2 Å². The third-order valence-corrected chi connectivity index (χ3v) is 5.09. The number of hydrogen-bond acceptors (Lipinski definition) is 4. The third-order valence-electron chi connectivity index (χ3n) is 5.09. The Morgan fingerprint density at radius 3 is 2.08 bits per heavy atom. The van der Waals surface area contributed by atoms with Gasteiger partial charge in [0, 0.05) is 44.8 Å². The van der Waals surface area contributed by atoms with E-state index in [1.165, 1.54) is 25.9 Å². The minimum absolute atomic E-state index is 0.00322. The number of carbonyl (C=O) groups excluding carboxylic acids is 2. The van der Waals surface area contributed by atoms with Gasteiger partial charge in [0.2, 0.25) is 5.91 Å². The van der Waals surface area contributed by atoms with E-state index < -0.39 is 0 Å². The van der Waals surface area contributed by atoms with Gasteiger partial charge >= 0.3 is 0 Å². The molecule has 0 spiro atoms. The van der Waals surface area contributed by atoms with E-state index in [-0.39, 0.29) is 18.4 Å². The van der Waals surface area contributed by atoms with E-state index in [4.69, 9.17) is 0 Å². The van der Waals surface area contributed by atoms with Crippen molar-refractivity contribution in [3.05, 3.63) is 35.9 Å². The van der Waals surface area contributed by atoms with Gasteiger partial charge in [0.05, 0.1) is 6.54 Å². The van der Waals surface area contributed by atoms with Crippen LogP contribution in [-0.2, 0) is 4.79 Å².